The molecule has 1 aromatic carbocycles. The zero-order chi connectivity index (χ0) is 10.8. The molecule has 0 spiro atoms. The fraction of sp³-hybridized carbons (Fsp3) is 0.182. The van der Waals surface area contributed by atoms with Gasteiger partial charge < -0.3 is 10.1 Å². The van der Waals surface area contributed by atoms with Crippen molar-refractivity contribution in [1.29, 1.82) is 0 Å². The van der Waals surface area contributed by atoms with Crippen molar-refractivity contribution in [2.75, 3.05) is 0 Å². The lowest BCUT2D eigenvalue weighted by atomic mass is 10.1. The maximum Gasteiger partial charge on any atom is 0.307 e. The standard InChI is InChI=1S/C11H10FNO2/c12-5-7-2-1-3-9-11(7)8(6-13-9)4-10(14)15/h1-3,6,13H,4-5H2,(H,14,15). The quantitative estimate of drug-likeness (QED) is 0.811. The van der Waals surface area contributed by atoms with Crippen molar-refractivity contribution in [3.05, 3.63) is 35.5 Å². The molecule has 0 saturated carbocycles. The lowest BCUT2D eigenvalue weighted by Crippen LogP contribution is -1.99. The van der Waals surface area contributed by atoms with Gasteiger partial charge in [0.25, 0.3) is 0 Å². The van der Waals surface area contributed by atoms with E-state index in [4.69, 9.17) is 5.11 Å². The highest BCUT2D eigenvalue weighted by atomic mass is 19.1. The molecule has 0 radical (unpaired) electrons. The Bertz CT molecular complexity index is 504. The van der Waals surface area contributed by atoms with E-state index >= 15 is 0 Å². The molecule has 1 aromatic heterocycles. The Morgan fingerprint density at radius 3 is 2.87 bits per heavy atom. The van der Waals surface area contributed by atoms with Crippen LogP contribution >= 0.6 is 0 Å². The van der Waals surface area contributed by atoms with Crippen molar-refractivity contribution in [3.8, 4) is 0 Å². The summed E-state index contributed by atoms with van der Waals surface area (Å²) in [5, 5.41) is 9.40. The van der Waals surface area contributed by atoms with Gasteiger partial charge in [0.05, 0.1) is 6.42 Å². The minimum absolute atomic E-state index is 0.0863. The maximum absolute atomic E-state index is 12.7. The predicted octanol–water partition coefficient (Wildman–Crippen LogP) is 2.26. The molecule has 0 aliphatic rings. The van der Waals surface area contributed by atoms with Crippen LogP contribution in [0.3, 0.4) is 0 Å². The molecule has 0 aliphatic carbocycles. The molecule has 0 amide bonds. The zero-order valence-corrected chi connectivity index (χ0v) is 7.96. The molecule has 0 unspecified atom stereocenters. The van der Waals surface area contributed by atoms with Crippen LogP contribution in [0.5, 0.6) is 0 Å². The first-order valence-corrected chi connectivity index (χ1v) is 4.58. The Balaban J connectivity index is 2.60. The summed E-state index contributed by atoms with van der Waals surface area (Å²) < 4.78 is 12.7. The van der Waals surface area contributed by atoms with Gasteiger partial charge in [-0.2, -0.15) is 0 Å². The second-order valence-corrected chi connectivity index (χ2v) is 3.36. The molecule has 0 bridgehead atoms. The number of rotatable bonds is 3. The van der Waals surface area contributed by atoms with Crippen molar-refractivity contribution in [2.24, 2.45) is 0 Å². The van der Waals surface area contributed by atoms with Crippen LogP contribution in [-0.2, 0) is 17.9 Å². The van der Waals surface area contributed by atoms with Gasteiger partial charge in [0, 0.05) is 17.1 Å². The molecule has 4 heteroatoms. The second kappa shape index (κ2) is 3.73. The lowest BCUT2D eigenvalue weighted by Gasteiger charge is -2.00. The fourth-order valence-corrected chi connectivity index (χ4v) is 1.75. The summed E-state index contributed by atoms with van der Waals surface area (Å²) >= 11 is 0. The van der Waals surface area contributed by atoms with Gasteiger partial charge >= 0.3 is 5.97 Å². The number of carboxylic acid groups (broad SMARTS) is 1. The number of aromatic nitrogens is 1. The van der Waals surface area contributed by atoms with Gasteiger partial charge in [-0.15, -0.1) is 0 Å². The Morgan fingerprint density at radius 1 is 1.40 bits per heavy atom. The van der Waals surface area contributed by atoms with Crippen molar-refractivity contribution in [1.82, 2.24) is 4.98 Å². The van der Waals surface area contributed by atoms with Gasteiger partial charge in [-0.25, -0.2) is 4.39 Å². The Morgan fingerprint density at radius 2 is 2.20 bits per heavy atom. The highest BCUT2D eigenvalue weighted by Crippen LogP contribution is 2.23. The molecular formula is C11H10FNO2. The van der Waals surface area contributed by atoms with Crippen LogP contribution in [0.1, 0.15) is 11.1 Å². The largest absolute Gasteiger partial charge is 0.481 e. The number of H-pyrrole nitrogens is 1. The smallest absolute Gasteiger partial charge is 0.307 e. The number of halogens is 1. The average Bonchev–Trinajstić information content (AvgIpc) is 2.61. The van der Waals surface area contributed by atoms with Crippen molar-refractivity contribution < 1.29 is 14.3 Å². The Kier molecular flexibility index (Phi) is 2.41. The molecule has 2 aromatic rings. The maximum atomic E-state index is 12.7. The van der Waals surface area contributed by atoms with Crippen LogP contribution in [0.4, 0.5) is 4.39 Å². The molecule has 0 saturated heterocycles. The van der Waals surface area contributed by atoms with Crippen molar-refractivity contribution >= 4 is 16.9 Å². The molecule has 0 atom stereocenters. The van der Waals surface area contributed by atoms with Crippen molar-refractivity contribution in [3.63, 3.8) is 0 Å². The number of nitrogens with one attached hydrogen (secondary N) is 1. The minimum Gasteiger partial charge on any atom is -0.481 e. The van der Waals surface area contributed by atoms with Crippen LogP contribution in [0.15, 0.2) is 24.4 Å². The van der Waals surface area contributed by atoms with Crippen LogP contribution in [0.25, 0.3) is 10.9 Å². The molecule has 2 N–H and O–H groups in total. The molecule has 78 valence electrons. The molecular weight excluding hydrogens is 197 g/mol. The first-order valence-electron chi connectivity index (χ1n) is 4.58. The van der Waals surface area contributed by atoms with Gasteiger partial charge in [0.15, 0.2) is 0 Å². The Labute approximate surface area is 85.5 Å². The van der Waals surface area contributed by atoms with Gasteiger partial charge in [-0.1, -0.05) is 12.1 Å². The molecule has 2 rings (SSSR count). The molecule has 0 aliphatic heterocycles. The van der Waals surface area contributed by atoms with Gasteiger partial charge in [-0.3, -0.25) is 4.79 Å². The summed E-state index contributed by atoms with van der Waals surface area (Å²) in [5.74, 6) is -0.912. The van der Waals surface area contributed by atoms with E-state index in [0.717, 1.165) is 5.52 Å². The van der Waals surface area contributed by atoms with Gasteiger partial charge in [-0.05, 0) is 17.2 Å². The summed E-state index contributed by atoms with van der Waals surface area (Å²) in [4.78, 5) is 13.5. The summed E-state index contributed by atoms with van der Waals surface area (Å²) in [6, 6.07) is 5.22. The van der Waals surface area contributed by atoms with E-state index in [1.54, 1.807) is 24.4 Å². The number of benzene rings is 1. The molecule has 0 fully saturated rings. The Hall–Kier alpha value is -1.84. The summed E-state index contributed by atoms with van der Waals surface area (Å²) in [6.45, 7) is -0.582. The van der Waals surface area contributed by atoms with Crippen molar-refractivity contribution in [2.45, 2.75) is 13.1 Å². The third kappa shape index (κ3) is 1.70. The summed E-state index contributed by atoms with van der Waals surface area (Å²) in [5.41, 5.74) is 1.94. The highest BCUT2D eigenvalue weighted by molar-refractivity contribution is 5.89. The number of hydrogen-bond acceptors (Lipinski definition) is 1. The molecule has 1 heterocycles. The third-order valence-electron chi connectivity index (χ3n) is 2.36. The summed E-state index contributed by atoms with van der Waals surface area (Å²) in [6.07, 6.45) is 1.54. The van der Waals surface area contributed by atoms with E-state index in [2.05, 4.69) is 4.98 Å². The monoisotopic (exact) mass is 207 g/mol. The minimum atomic E-state index is -0.912. The van der Waals surface area contributed by atoms with Gasteiger partial charge in [0.1, 0.15) is 6.67 Å². The average molecular weight is 207 g/mol. The van der Waals surface area contributed by atoms with E-state index in [0.29, 0.717) is 16.5 Å². The fourth-order valence-electron chi connectivity index (χ4n) is 1.75. The van der Waals surface area contributed by atoms with E-state index in [1.165, 1.54) is 0 Å². The first kappa shape index (κ1) is 9.71. The van der Waals surface area contributed by atoms with Crippen LogP contribution in [0.2, 0.25) is 0 Å². The number of aliphatic carboxylic acids is 1. The van der Waals surface area contributed by atoms with Crippen LogP contribution < -0.4 is 0 Å². The molecule has 15 heavy (non-hydrogen) atoms. The number of aromatic amines is 1. The molecule has 3 nitrogen and oxygen atoms in total. The SMILES string of the molecule is O=C(O)Cc1c[nH]c2cccc(CF)c12. The second-order valence-electron chi connectivity index (χ2n) is 3.36. The number of alkyl halides is 1. The van der Waals surface area contributed by atoms with Crippen LogP contribution in [-0.4, -0.2) is 16.1 Å². The van der Waals surface area contributed by atoms with Gasteiger partial charge in [0.2, 0.25) is 0 Å². The number of fused-ring (bicyclic) bond motifs is 1. The van der Waals surface area contributed by atoms with E-state index in [9.17, 15) is 9.18 Å². The lowest BCUT2D eigenvalue weighted by molar-refractivity contribution is -0.136. The number of hydrogen-bond donors (Lipinski definition) is 2. The van der Waals surface area contributed by atoms with E-state index in [1.807, 2.05) is 0 Å². The number of carboxylic acids is 1. The predicted molar refractivity (Wildman–Crippen MR) is 54.5 cm³/mol. The van der Waals surface area contributed by atoms with E-state index < -0.39 is 12.6 Å². The zero-order valence-electron chi connectivity index (χ0n) is 7.96. The summed E-state index contributed by atoms with van der Waals surface area (Å²) in [7, 11) is 0. The normalized spacial score (nSPS) is 10.7. The highest BCUT2D eigenvalue weighted by Gasteiger charge is 2.10. The van der Waals surface area contributed by atoms with Crippen LogP contribution in [0, 0.1) is 0 Å². The topological polar surface area (TPSA) is 53.1 Å². The number of carbonyl (C=O) groups is 1. The first-order chi connectivity index (χ1) is 7.22. The third-order valence-corrected chi connectivity index (χ3v) is 2.36. The van der Waals surface area contributed by atoms with E-state index in [-0.39, 0.29) is 6.42 Å².